The monoisotopic (exact) mass is 384 g/mol. The van der Waals surface area contributed by atoms with E-state index in [0.29, 0.717) is 0 Å². The van der Waals surface area contributed by atoms with Gasteiger partial charge in [-0.05, 0) is 54.9 Å². The molecular formula is C26H28N2O. The van der Waals surface area contributed by atoms with E-state index in [-0.39, 0.29) is 12.0 Å². The largest absolute Gasteiger partial charge is 0.371 e. The van der Waals surface area contributed by atoms with Crippen molar-refractivity contribution in [3.05, 3.63) is 101 Å². The molecule has 2 aliphatic heterocycles. The molecule has 2 aromatic carbocycles. The maximum absolute atomic E-state index is 12.2. The molecule has 1 aromatic heterocycles. The van der Waals surface area contributed by atoms with E-state index in [0.717, 1.165) is 44.2 Å². The van der Waals surface area contributed by atoms with Gasteiger partial charge in [-0.1, -0.05) is 60.7 Å². The van der Waals surface area contributed by atoms with Crippen LogP contribution in [0.4, 0.5) is 0 Å². The fourth-order valence-electron chi connectivity index (χ4n) is 5.46. The van der Waals surface area contributed by atoms with Crippen molar-refractivity contribution in [3.8, 4) is 0 Å². The minimum absolute atomic E-state index is 0.235. The van der Waals surface area contributed by atoms with E-state index in [1.807, 2.05) is 18.5 Å². The highest BCUT2D eigenvalue weighted by atomic mass is 16.3. The number of hydrogen-bond acceptors (Lipinski definition) is 3. The standard InChI is InChI=1S/C26H28N2O/c29-26-22(15-14-21-10-6-16-27-19-21)11-7-17-28(26)25(18-20-8-2-1-3-9-20)23-12-4-5-13-24(23)26/h1-6,8-10,12-13,16,19,22,25,29H,7,11,14-15,17-18H2/t22-,25+,26+/m1/s1. The molecule has 29 heavy (non-hydrogen) atoms. The van der Waals surface area contributed by atoms with E-state index in [1.165, 1.54) is 16.7 Å². The van der Waals surface area contributed by atoms with E-state index >= 15 is 0 Å². The third-order valence-electron chi connectivity index (χ3n) is 6.83. The third-order valence-corrected chi connectivity index (χ3v) is 6.83. The summed E-state index contributed by atoms with van der Waals surface area (Å²) in [5, 5.41) is 12.2. The number of aryl methyl sites for hydroxylation is 1. The molecule has 0 aliphatic carbocycles. The van der Waals surface area contributed by atoms with Crippen LogP contribution in [0.2, 0.25) is 0 Å². The Balaban J connectivity index is 1.47. The van der Waals surface area contributed by atoms with Crippen LogP contribution >= 0.6 is 0 Å². The van der Waals surface area contributed by atoms with Crippen LogP contribution in [0, 0.1) is 5.92 Å². The Morgan fingerprint density at radius 2 is 1.76 bits per heavy atom. The molecule has 3 heterocycles. The van der Waals surface area contributed by atoms with E-state index in [9.17, 15) is 5.11 Å². The molecule has 148 valence electrons. The SMILES string of the molecule is O[C@@]12c3ccccc3[C@H](Cc3ccccc3)N1CCC[C@@H]2CCc1cccnc1. The molecule has 0 bridgehead atoms. The van der Waals surface area contributed by atoms with E-state index in [2.05, 4.69) is 70.5 Å². The van der Waals surface area contributed by atoms with Gasteiger partial charge in [0.25, 0.3) is 0 Å². The van der Waals surface area contributed by atoms with E-state index in [1.54, 1.807) is 0 Å². The topological polar surface area (TPSA) is 36.4 Å². The van der Waals surface area contributed by atoms with Crippen molar-refractivity contribution in [1.29, 1.82) is 0 Å². The predicted octanol–water partition coefficient (Wildman–Crippen LogP) is 4.87. The molecular weight excluding hydrogens is 356 g/mol. The number of nitrogens with zero attached hydrogens (tertiary/aromatic N) is 2. The van der Waals surface area contributed by atoms with E-state index < -0.39 is 5.72 Å². The van der Waals surface area contributed by atoms with E-state index in [4.69, 9.17) is 0 Å². The number of aliphatic hydroxyl groups is 1. The molecule has 0 amide bonds. The number of pyridine rings is 1. The summed E-state index contributed by atoms with van der Waals surface area (Å²) in [6.07, 6.45) is 8.85. The zero-order valence-corrected chi connectivity index (χ0v) is 16.7. The number of benzene rings is 2. The summed E-state index contributed by atoms with van der Waals surface area (Å²) in [5.74, 6) is 0.235. The highest BCUT2D eigenvalue weighted by molar-refractivity contribution is 5.42. The third kappa shape index (κ3) is 3.29. The lowest BCUT2D eigenvalue weighted by atomic mass is 9.79. The van der Waals surface area contributed by atoms with Crippen molar-refractivity contribution in [2.75, 3.05) is 6.54 Å². The van der Waals surface area contributed by atoms with Crippen molar-refractivity contribution in [1.82, 2.24) is 9.88 Å². The average molecular weight is 385 g/mol. The van der Waals surface area contributed by atoms with Crippen molar-refractivity contribution < 1.29 is 5.11 Å². The maximum Gasteiger partial charge on any atom is 0.148 e. The average Bonchev–Trinajstić information content (AvgIpc) is 3.03. The first-order valence-corrected chi connectivity index (χ1v) is 10.8. The van der Waals surface area contributed by atoms with Gasteiger partial charge in [0.2, 0.25) is 0 Å². The lowest BCUT2D eigenvalue weighted by molar-refractivity contribution is -0.183. The molecule has 5 rings (SSSR count). The first-order valence-electron chi connectivity index (χ1n) is 10.8. The normalized spacial score (nSPS) is 26.1. The molecule has 0 spiro atoms. The minimum Gasteiger partial charge on any atom is -0.371 e. The zero-order chi connectivity index (χ0) is 19.7. The Morgan fingerprint density at radius 1 is 0.966 bits per heavy atom. The molecule has 3 aromatic rings. The zero-order valence-electron chi connectivity index (χ0n) is 16.7. The van der Waals surface area contributed by atoms with Gasteiger partial charge in [-0.2, -0.15) is 0 Å². The molecule has 3 nitrogen and oxygen atoms in total. The lowest BCUT2D eigenvalue weighted by Gasteiger charge is -2.47. The van der Waals surface area contributed by atoms with Crippen molar-refractivity contribution >= 4 is 0 Å². The highest BCUT2D eigenvalue weighted by Gasteiger charge is 2.54. The molecule has 1 saturated heterocycles. The van der Waals surface area contributed by atoms with Crippen LogP contribution in [0.5, 0.6) is 0 Å². The number of rotatable bonds is 5. The quantitative estimate of drug-likeness (QED) is 0.682. The van der Waals surface area contributed by atoms with Crippen LogP contribution in [-0.4, -0.2) is 21.5 Å². The van der Waals surface area contributed by atoms with Gasteiger partial charge in [0, 0.05) is 36.5 Å². The lowest BCUT2D eigenvalue weighted by Crippen LogP contribution is -2.52. The van der Waals surface area contributed by atoms with Gasteiger partial charge >= 0.3 is 0 Å². The Bertz CT molecular complexity index is 959. The number of piperidine rings is 1. The van der Waals surface area contributed by atoms with Gasteiger partial charge in [0.1, 0.15) is 5.72 Å². The van der Waals surface area contributed by atoms with Crippen LogP contribution in [-0.2, 0) is 18.6 Å². The second-order valence-electron chi connectivity index (χ2n) is 8.45. The maximum atomic E-state index is 12.2. The van der Waals surface area contributed by atoms with Gasteiger partial charge in [0.15, 0.2) is 0 Å². The van der Waals surface area contributed by atoms with Crippen LogP contribution in [0.1, 0.15) is 47.6 Å². The molecule has 3 heteroatoms. The first kappa shape index (κ1) is 18.5. The molecule has 0 saturated carbocycles. The van der Waals surface area contributed by atoms with Crippen LogP contribution in [0.3, 0.4) is 0 Å². The van der Waals surface area contributed by atoms with Gasteiger partial charge in [-0.3, -0.25) is 9.88 Å². The predicted molar refractivity (Wildman–Crippen MR) is 115 cm³/mol. The van der Waals surface area contributed by atoms with Gasteiger partial charge in [-0.15, -0.1) is 0 Å². The van der Waals surface area contributed by atoms with Gasteiger partial charge < -0.3 is 5.11 Å². The molecule has 2 aliphatic rings. The van der Waals surface area contributed by atoms with Crippen LogP contribution in [0.25, 0.3) is 0 Å². The Hall–Kier alpha value is -2.49. The summed E-state index contributed by atoms with van der Waals surface area (Å²) >= 11 is 0. The first-order chi connectivity index (χ1) is 14.3. The summed E-state index contributed by atoms with van der Waals surface area (Å²) in [6.45, 7) is 0.950. The van der Waals surface area contributed by atoms with Gasteiger partial charge in [-0.25, -0.2) is 0 Å². The number of hydrogen-bond donors (Lipinski definition) is 1. The molecule has 1 fully saturated rings. The Morgan fingerprint density at radius 3 is 2.59 bits per heavy atom. The van der Waals surface area contributed by atoms with Crippen molar-refractivity contribution in [3.63, 3.8) is 0 Å². The molecule has 0 unspecified atom stereocenters. The second kappa shape index (κ2) is 7.74. The summed E-state index contributed by atoms with van der Waals surface area (Å²) < 4.78 is 0. The second-order valence-corrected chi connectivity index (χ2v) is 8.45. The summed E-state index contributed by atoms with van der Waals surface area (Å²) in [4.78, 5) is 6.65. The van der Waals surface area contributed by atoms with Gasteiger partial charge in [0.05, 0.1) is 0 Å². The molecule has 1 N–H and O–H groups in total. The van der Waals surface area contributed by atoms with Crippen molar-refractivity contribution in [2.24, 2.45) is 5.92 Å². The van der Waals surface area contributed by atoms with Crippen LogP contribution < -0.4 is 0 Å². The van der Waals surface area contributed by atoms with Crippen molar-refractivity contribution in [2.45, 2.75) is 43.9 Å². The Labute approximate surface area is 173 Å². The smallest absolute Gasteiger partial charge is 0.148 e. The Kier molecular flexibility index (Phi) is 4.94. The summed E-state index contributed by atoms with van der Waals surface area (Å²) in [7, 11) is 0. The molecule has 0 radical (unpaired) electrons. The number of fused-ring (bicyclic) bond motifs is 3. The molecule has 3 atom stereocenters. The van der Waals surface area contributed by atoms with Crippen LogP contribution in [0.15, 0.2) is 79.1 Å². The minimum atomic E-state index is -0.865. The summed E-state index contributed by atoms with van der Waals surface area (Å²) in [5.41, 5.74) is 4.13. The fourth-order valence-corrected chi connectivity index (χ4v) is 5.46. The highest BCUT2D eigenvalue weighted by Crippen LogP contribution is 2.53. The number of aromatic nitrogens is 1. The summed E-state index contributed by atoms with van der Waals surface area (Å²) in [6, 6.07) is 23.6. The fraction of sp³-hybridized carbons (Fsp3) is 0.346.